The van der Waals surface area contributed by atoms with Crippen molar-refractivity contribution in [2.75, 3.05) is 26.0 Å². The van der Waals surface area contributed by atoms with Gasteiger partial charge in [-0.1, -0.05) is 13.8 Å². The lowest BCUT2D eigenvalue weighted by Crippen LogP contribution is -2.39. The normalized spacial score (nSPS) is 27.0. The molecule has 1 saturated carbocycles. The molecule has 1 aliphatic rings. The largest absolute Gasteiger partial charge is 0.493 e. The summed E-state index contributed by atoms with van der Waals surface area (Å²) < 4.78 is 28.9. The lowest BCUT2D eigenvalue weighted by atomic mass is 9.86. The van der Waals surface area contributed by atoms with Crippen molar-refractivity contribution in [2.45, 2.75) is 43.8 Å². The van der Waals surface area contributed by atoms with Crippen LogP contribution in [0, 0.1) is 11.3 Å². The summed E-state index contributed by atoms with van der Waals surface area (Å²) in [6.45, 7) is 6.11. The quantitative estimate of drug-likeness (QED) is 0.636. The van der Waals surface area contributed by atoms with E-state index in [1.807, 2.05) is 0 Å². The van der Waals surface area contributed by atoms with Crippen LogP contribution in [0.5, 0.6) is 5.75 Å². The van der Waals surface area contributed by atoms with Crippen LogP contribution in [0.25, 0.3) is 0 Å². The van der Waals surface area contributed by atoms with Gasteiger partial charge in [0.15, 0.2) is 9.84 Å². The first kappa shape index (κ1) is 20.2. The molecular formula is C18H29NO5S. The molecule has 0 aromatic heterocycles. The van der Waals surface area contributed by atoms with Crippen molar-refractivity contribution in [3.05, 3.63) is 24.3 Å². The summed E-state index contributed by atoms with van der Waals surface area (Å²) in [7, 11) is -3.23. The lowest BCUT2D eigenvalue weighted by Gasteiger charge is -2.29. The van der Waals surface area contributed by atoms with Crippen LogP contribution in [0.4, 0.5) is 0 Å². The minimum absolute atomic E-state index is 0.250. The maximum Gasteiger partial charge on any atom is 0.175 e. The number of rotatable bonds is 8. The number of ether oxygens (including phenoxy) is 1. The second-order valence-electron chi connectivity index (χ2n) is 7.60. The van der Waals surface area contributed by atoms with E-state index in [9.17, 15) is 18.6 Å². The Kier molecular flexibility index (Phi) is 6.48. The van der Waals surface area contributed by atoms with Crippen molar-refractivity contribution in [1.82, 2.24) is 5.32 Å². The predicted molar refractivity (Wildman–Crippen MR) is 96.4 cm³/mol. The molecule has 0 heterocycles. The Labute approximate surface area is 150 Å². The molecule has 0 saturated heterocycles. The second-order valence-corrected chi connectivity index (χ2v) is 9.62. The minimum Gasteiger partial charge on any atom is -0.493 e. The smallest absolute Gasteiger partial charge is 0.175 e. The van der Waals surface area contributed by atoms with Crippen LogP contribution in [0.1, 0.15) is 26.7 Å². The highest BCUT2D eigenvalue weighted by Gasteiger charge is 2.44. The predicted octanol–water partition coefficient (Wildman–Crippen LogP) is 1.22. The van der Waals surface area contributed by atoms with E-state index in [4.69, 9.17) is 4.74 Å². The Morgan fingerprint density at radius 2 is 1.76 bits per heavy atom. The van der Waals surface area contributed by atoms with Gasteiger partial charge in [0.05, 0.1) is 23.7 Å². The van der Waals surface area contributed by atoms with E-state index in [0.29, 0.717) is 37.7 Å². The fourth-order valence-corrected chi connectivity index (χ4v) is 3.83. The van der Waals surface area contributed by atoms with Gasteiger partial charge in [-0.2, -0.15) is 0 Å². The average Bonchev–Trinajstić information content (AvgIpc) is 2.79. The summed E-state index contributed by atoms with van der Waals surface area (Å²) in [6, 6.07) is 6.31. The van der Waals surface area contributed by atoms with E-state index in [-0.39, 0.29) is 10.3 Å². The van der Waals surface area contributed by atoms with Crippen LogP contribution in [-0.2, 0) is 9.84 Å². The van der Waals surface area contributed by atoms with Crippen LogP contribution >= 0.6 is 0 Å². The molecule has 0 aliphatic heterocycles. The Bertz CT molecular complexity index is 647. The molecule has 0 amide bonds. The molecule has 0 spiro atoms. The first-order valence-electron chi connectivity index (χ1n) is 8.61. The maximum absolute atomic E-state index is 11.5. The molecule has 6 nitrogen and oxygen atoms in total. The third-order valence-electron chi connectivity index (χ3n) is 4.58. The SMILES string of the molecule is CC(C)CNCC1(COc2ccc(S(C)(=O)=O)cc2)C[C@@H](O)[C@@H](O)C1. The number of sulfone groups is 1. The molecular weight excluding hydrogens is 342 g/mol. The van der Waals surface area contributed by atoms with E-state index in [0.717, 1.165) is 6.54 Å². The summed E-state index contributed by atoms with van der Waals surface area (Å²) in [6.07, 6.45) is 0.634. The van der Waals surface area contributed by atoms with E-state index in [1.54, 1.807) is 12.1 Å². The van der Waals surface area contributed by atoms with Crippen LogP contribution in [-0.4, -0.2) is 56.8 Å². The van der Waals surface area contributed by atoms with E-state index < -0.39 is 22.0 Å². The fourth-order valence-electron chi connectivity index (χ4n) is 3.20. The molecule has 1 aromatic rings. The molecule has 0 radical (unpaired) electrons. The molecule has 7 heteroatoms. The topological polar surface area (TPSA) is 95.9 Å². The first-order valence-corrected chi connectivity index (χ1v) is 10.5. The van der Waals surface area contributed by atoms with Gasteiger partial charge in [-0.05, 0) is 49.6 Å². The molecule has 1 unspecified atom stereocenters. The van der Waals surface area contributed by atoms with Gasteiger partial charge in [-0.3, -0.25) is 0 Å². The van der Waals surface area contributed by atoms with Crippen LogP contribution in [0.3, 0.4) is 0 Å². The van der Waals surface area contributed by atoms with Gasteiger partial charge >= 0.3 is 0 Å². The highest BCUT2D eigenvalue weighted by atomic mass is 32.2. The standard InChI is InChI=1S/C18H29NO5S/c1-13(2)10-19-11-18(8-16(20)17(21)9-18)12-24-14-4-6-15(7-5-14)25(3,22)23/h4-7,13,16-17,19-21H,8-12H2,1-3H3/t16-,17+,18?. The zero-order valence-corrected chi connectivity index (χ0v) is 15.9. The van der Waals surface area contributed by atoms with Gasteiger partial charge in [-0.15, -0.1) is 0 Å². The van der Waals surface area contributed by atoms with E-state index in [2.05, 4.69) is 19.2 Å². The number of hydrogen-bond acceptors (Lipinski definition) is 6. The highest BCUT2D eigenvalue weighted by molar-refractivity contribution is 7.90. The summed E-state index contributed by atoms with van der Waals surface area (Å²) >= 11 is 0. The Balaban J connectivity index is 2.02. The van der Waals surface area contributed by atoms with Crippen molar-refractivity contribution in [3.63, 3.8) is 0 Å². The Morgan fingerprint density at radius 3 is 2.24 bits per heavy atom. The average molecular weight is 371 g/mol. The van der Waals surface area contributed by atoms with Crippen molar-refractivity contribution in [3.8, 4) is 5.75 Å². The molecule has 142 valence electrons. The fraction of sp³-hybridized carbons (Fsp3) is 0.667. The third kappa shape index (κ3) is 5.67. The number of aliphatic hydroxyl groups excluding tert-OH is 2. The van der Waals surface area contributed by atoms with Crippen LogP contribution in [0.15, 0.2) is 29.2 Å². The van der Waals surface area contributed by atoms with Gasteiger partial charge in [0.2, 0.25) is 0 Å². The Morgan fingerprint density at radius 1 is 1.20 bits per heavy atom. The molecule has 3 atom stereocenters. The molecule has 1 aromatic carbocycles. The lowest BCUT2D eigenvalue weighted by molar-refractivity contribution is 0.0438. The Hall–Kier alpha value is -1.15. The van der Waals surface area contributed by atoms with Crippen molar-refractivity contribution in [2.24, 2.45) is 11.3 Å². The third-order valence-corrected chi connectivity index (χ3v) is 5.71. The van der Waals surface area contributed by atoms with Gasteiger partial charge in [0.1, 0.15) is 5.75 Å². The molecule has 2 rings (SSSR count). The zero-order chi connectivity index (χ0) is 18.7. The van der Waals surface area contributed by atoms with Crippen molar-refractivity contribution < 1.29 is 23.4 Å². The summed E-state index contributed by atoms with van der Waals surface area (Å²) in [4.78, 5) is 0.250. The number of benzene rings is 1. The molecule has 1 fully saturated rings. The second kappa shape index (κ2) is 8.03. The van der Waals surface area contributed by atoms with Crippen LogP contribution in [0.2, 0.25) is 0 Å². The minimum atomic E-state index is -3.23. The van der Waals surface area contributed by atoms with Crippen molar-refractivity contribution >= 4 is 9.84 Å². The van der Waals surface area contributed by atoms with Gasteiger partial charge in [0, 0.05) is 18.2 Å². The highest BCUT2D eigenvalue weighted by Crippen LogP contribution is 2.38. The van der Waals surface area contributed by atoms with E-state index in [1.165, 1.54) is 18.4 Å². The van der Waals surface area contributed by atoms with E-state index >= 15 is 0 Å². The number of aliphatic hydroxyl groups is 2. The summed E-state index contributed by atoms with van der Waals surface area (Å²) in [5, 5.41) is 23.3. The molecule has 1 aliphatic carbocycles. The molecule has 0 bridgehead atoms. The molecule has 3 N–H and O–H groups in total. The first-order chi connectivity index (χ1) is 11.6. The van der Waals surface area contributed by atoms with Gasteiger partial charge < -0.3 is 20.3 Å². The summed E-state index contributed by atoms with van der Waals surface area (Å²) in [5.74, 6) is 1.09. The van der Waals surface area contributed by atoms with Crippen LogP contribution < -0.4 is 10.1 Å². The zero-order valence-electron chi connectivity index (χ0n) is 15.1. The monoisotopic (exact) mass is 371 g/mol. The van der Waals surface area contributed by atoms with Gasteiger partial charge in [-0.25, -0.2) is 8.42 Å². The number of hydrogen-bond donors (Lipinski definition) is 3. The molecule has 25 heavy (non-hydrogen) atoms. The number of nitrogens with one attached hydrogen (secondary N) is 1. The van der Waals surface area contributed by atoms with Crippen molar-refractivity contribution in [1.29, 1.82) is 0 Å². The maximum atomic E-state index is 11.5. The van der Waals surface area contributed by atoms with Gasteiger partial charge in [0.25, 0.3) is 0 Å². The summed E-state index contributed by atoms with van der Waals surface area (Å²) in [5.41, 5.74) is -0.344.